The van der Waals surface area contributed by atoms with Gasteiger partial charge in [-0.25, -0.2) is 4.57 Å². The van der Waals surface area contributed by atoms with E-state index in [-0.39, 0.29) is 0 Å². The molecule has 0 N–H and O–H groups in total. The minimum Gasteiger partial charge on any atom is -0.494 e. The number of aromatic nitrogens is 1. The van der Waals surface area contributed by atoms with E-state index in [1.807, 2.05) is 0 Å². The first kappa shape index (κ1) is 45.1. The lowest BCUT2D eigenvalue weighted by Gasteiger charge is -2.07. The third kappa shape index (κ3) is 28.1. The summed E-state index contributed by atoms with van der Waals surface area (Å²) in [6.07, 6.45) is 54.1. The van der Waals surface area contributed by atoms with E-state index in [2.05, 4.69) is 79.4 Å². The Morgan fingerprint density at radius 3 is 1.06 bits per heavy atom. The Labute approximate surface area is 318 Å². The Balaban J connectivity index is 1.39. The number of aryl methyl sites for hydroxylation is 1. The van der Waals surface area contributed by atoms with Gasteiger partial charge in [0.25, 0.3) is 0 Å². The fraction of sp³-hybridized carbons (Fsp3) is 0.735. The second-order valence-corrected chi connectivity index (χ2v) is 15.7. The van der Waals surface area contributed by atoms with E-state index in [0.29, 0.717) is 0 Å². The van der Waals surface area contributed by atoms with Crippen LogP contribution in [0.15, 0.2) is 48.8 Å². The number of nitrogens with zero attached hydrogens (tertiary/aromatic N) is 1. The van der Waals surface area contributed by atoms with Crippen molar-refractivity contribution in [2.75, 3.05) is 6.61 Å². The first-order valence-corrected chi connectivity index (χ1v) is 22.7. The fourth-order valence-corrected chi connectivity index (χ4v) is 7.28. The van der Waals surface area contributed by atoms with Crippen molar-refractivity contribution in [2.45, 2.75) is 226 Å². The molecule has 0 radical (unpaired) electrons. The van der Waals surface area contributed by atoms with Gasteiger partial charge in [-0.15, -0.1) is 0 Å². The molecule has 0 saturated heterocycles. The largest absolute Gasteiger partial charge is 0.494 e. The van der Waals surface area contributed by atoms with Crippen LogP contribution in [0.5, 0.6) is 5.75 Å². The van der Waals surface area contributed by atoms with Crippen LogP contribution in [0.2, 0.25) is 0 Å². The van der Waals surface area contributed by atoms with Crippen LogP contribution >= 0.6 is 0 Å². The molecule has 0 amide bonds. The van der Waals surface area contributed by atoms with E-state index in [1.165, 1.54) is 210 Å². The van der Waals surface area contributed by atoms with Gasteiger partial charge in [0.1, 0.15) is 12.3 Å². The van der Waals surface area contributed by atoms with Crippen LogP contribution in [0.3, 0.4) is 0 Å². The molecule has 290 valence electrons. The number of pyridine rings is 1. The smallest absolute Gasteiger partial charge is 0.169 e. The summed E-state index contributed by atoms with van der Waals surface area (Å²) < 4.78 is 8.36. The van der Waals surface area contributed by atoms with Gasteiger partial charge >= 0.3 is 0 Å². The van der Waals surface area contributed by atoms with Crippen LogP contribution in [-0.4, -0.2) is 6.61 Å². The van der Waals surface area contributed by atoms with Crippen molar-refractivity contribution in [1.29, 1.82) is 0 Å². The summed E-state index contributed by atoms with van der Waals surface area (Å²) in [4.78, 5) is 0. The number of hydrogen-bond acceptors (Lipinski definition) is 1. The molecular weight excluding hydrogens is 619 g/mol. The van der Waals surface area contributed by atoms with Crippen LogP contribution in [0.1, 0.15) is 230 Å². The molecule has 1 aromatic heterocycles. The number of hydrogen-bond donors (Lipinski definition) is 0. The van der Waals surface area contributed by atoms with Gasteiger partial charge in [-0.3, -0.25) is 0 Å². The highest BCUT2D eigenvalue weighted by atomic mass is 16.5. The molecule has 51 heavy (non-hydrogen) atoms. The van der Waals surface area contributed by atoms with Crippen molar-refractivity contribution in [3.63, 3.8) is 0 Å². The van der Waals surface area contributed by atoms with Gasteiger partial charge in [0.05, 0.1) is 6.61 Å². The zero-order valence-corrected chi connectivity index (χ0v) is 34.2. The fourth-order valence-electron chi connectivity index (χ4n) is 7.28. The maximum atomic E-state index is 6.02. The van der Waals surface area contributed by atoms with E-state index >= 15 is 0 Å². The first-order valence-electron chi connectivity index (χ1n) is 22.7. The normalized spacial score (nSPS) is 11.6. The van der Waals surface area contributed by atoms with Crippen molar-refractivity contribution >= 4 is 12.2 Å². The average molecular weight is 703 g/mol. The summed E-state index contributed by atoms with van der Waals surface area (Å²) in [5.74, 6) is 0.989. The molecule has 2 heteroatoms. The molecule has 0 aliphatic rings. The van der Waals surface area contributed by atoms with Gasteiger partial charge in [-0.1, -0.05) is 224 Å². The van der Waals surface area contributed by atoms with Gasteiger partial charge in [0, 0.05) is 18.6 Å². The van der Waals surface area contributed by atoms with E-state index in [0.717, 1.165) is 25.3 Å². The molecule has 0 spiro atoms. The molecule has 0 fully saturated rings. The first-order chi connectivity index (χ1) is 25.3. The third-order valence-electron chi connectivity index (χ3n) is 10.8. The van der Waals surface area contributed by atoms with Crippen molar-refractivity contribution in [3.8, 4) is 5.75 Å². The lowest BCUT2D eigenvalue weighted by Crippen LogP contribution is -2.32. The van der Waals surface area contributed by atoms with Crippen LogP contribution in [0.25, 0.3) is 12.2 Å². The molecule has 0 bridgehead atoms. The lowest BCUT2D eigenvalue weighted by atomic mass is 10.0. The van der Waals surface area contributed by atoms with Gasteiger partial charge in [0.2, 0.25) is 0 Å². The molecule has 0 atom stereocenters. The Bertz CT molecular complexity index is 1010. The van der Waals surface area contributed by atoms with E-state index in [9.17, 15) is 0 Å². The van der Waals surface area contributed by atoms with Gasteiger partial charge < -0.3 is 4.74 Å². The topological polar surface area (TPSA) is 13.1 Å². The molecule has 0 saturated carbocycles. The van der Waals surface area contributed by atoms with Crippen molar-refractivity contribution in [1.82, 2.24) is 0 Å². The Kier molecular flexibility index (Phi) is 30.9. The van der Waals surface area contributed by atoms with Crippen molar-refractivity contribution < 1.29 is 9.30 Å². The van der Waals surface area contributed by atoms with Crippen molar-refractivity contribution in [2.24, 2.45) is 0 Å². The molecule has 2 rings (SSSR count). The zero-order chi connectivity index (χ0) is 36.1. The van der Waals surface area contributed by atoms with Crippen LogP contribution < -0.4 is 9.30 Å². The molecule has 0 unspecified atom stereocenters. The molecular formula is C49H84NO+. The number of unbranched alkanes of at least 4 members (excludes halogenated alkanes) is 30. The minimum absolute atomic E-state index is 0.830. The number of benzene rings is 1. The Morgan fingerprint density at radius 2 is 0.686 bits per heavy atom. The highest BCUT2D eigenvalue weighted by molar-refractivity contribution is 5.69. The predicted molar refractivity (Wildman–Crippen MR) is 227 cm³/mol. The molecule has 1 aromatic carbocycles. The molecule has 2 nitrogen and oxygen atoms in total. The van der Waals surface area contributed by atoms with Gasteiger partial charge in [-0.2, -0.15) is 0 Å². The third-order valence-corrected chi connectivity index (χ3v) is 10.8. The van der Waals surface area contributed by atoms with Crippen LogP contribution in [0, 0.1) is 0 Å². The summed E-state index contributed by atoms with van der Waals surface area (Å²) >= 11 is 0. The summed E-state index contributed by atoms with van der Waals surface area (Å²) in [5.41, 5.74) is 2.47. The van der Waals surface area contributed by atoms with Crippen LogP contribution in [0.4, 0.5) is 0 Å². The van der Waals surface area contributed by atoms with E-state index < -0.39 is 0 Å². The summed E-state index contributed by atoms with van der Waals surface area (Å²) in [6, 6.07) is 13.0. The molecule has 1 heterocycles. The highest BCUT2D eigenvalue weighted by Crippen LogP contribution is 2.17. The zero-order valence-electron chi connectivity index (χ0n) is 34.2. The predicted octanol–water partition coefficient (Wildman–Crippen LogP) is 16.0. The highest BCUT2D eigenvalue weighted by Gasteiger charge is 2.01. The second kappa shape index (κ2) is 35.0. The second-order valence-electron chi connectivity index (χ2n) is 15.7. The maximum absolute atomic E-state index is 6.02. The number of rotatable bonds is 37. The molecule has 2 aromatic rings. The summed E-state index contributed by atoms with van der Waals surface area (Å²) in [5, 5.41) is 0. The summed E-state index contributed by atoms with van der Waals surface area (Å²) in [7, 11) is 0. The van der Waals surface area contributed by atoms with E-state index in [1.54, 1.807) is 0 Å². The number of ether oxygens (including phenoxy) is 1. The van der Waals surface area contributed by atoms with E-state index in [4.69, 9.17) is 4.74 Å². The molecule has 0 aliphatic heterocycles. The SMILES string of the molecule is CCCCCCCCCCCCCCCCCCOc1ccc(C=Cc2cc[n+](CCCCCCCCCCCCCCCCCC)cc2)cc1. The minimum atomic E-state index is 0.830. The quantitative estimate of drug-likeness (QED) is 0.0504. The Hall–Kier alpha value is -2.09. The standard InChI is InChI=1S/C49H84NO/c1-3-5-7-9-11-13-15-17-19-21-23-25-27-29-31-33-43-50-44-41-48(42-45-50)36-35-47-37-39-49(40-38-47)51-46-34-32-30-28-26-24-22-20-18-16-14-12-10-8-6-4-2/h35-42,44-45H,3-34,43,46H2,1-2H3/q+1. The van der Waals surface area contributed by atoms with Gasteiger partial charge in [-0.05, 0) is 36.1 Å². The van der Waals surface area contributed by atoms with Crippen molar-refractivity contribution in [3.05, 3.63) is 59.9 Å². The monoisotopic (exact) mass is 703 g/mol. The van der Waals surface area contributed by atoms with Crippen LogP contribution in [-0.2, 0) is 6.54 Å². The average Bonchev–Trinajstić information content (AvgIpc) is 3.16. The molecule has 0 aliphatic carbocycles. The Morgan fingerprint density at radius 1 is 0.373 bits per heavy atom. The maximum Gasteiger partial charge on any atom is 0.169 e. The summed E-state index contributed by atoms with van der Waals surface area (Å²) in [6.45, 7) is 6.56. The lowest BCUT2D eigenvalue weighted by molar-refractivity contribution is -0.697. The van der Waals surface area contributed by atoms with Gasteiger partial charge in [0.15, 0.2) is 12.4 Å².